The molecule has 2 aromatic rings. The van der Waals surface area contributed by atoms with Crippen LogP contribution < -0.4 is 5.32 Å². The van der Waals surface area contributed by atoms with Gasteiger partial charge in [-0.15, -0.1) is 0 Å². The van der Waals surface area contributed by atoms with E-state index in [2.05, 4.69) is 10.3 Å². The zero-order valence-electron chi connectivity index (χ0n) is 9.80. The van der Waals surface area contributed by atoms with E-state index >= 15 is 0 Å². The summed E-state index contributed by atoms with van der Waals surface area (Å²) in [5.74, 6) is -1.17. The maximum atomic E-state index is 11.3. The number of carboxylic acid groups (broad SMARTS) is 1. The summed E-state index contributed by atoms with van der Waals surface area (Å²) in [5, 5.41) is 13.3. The van der Waals surface area contributed by atoms with Crippen LogP contribution in [-0.4, -0.2) is 29.1 Å². The number of carboxylic acids is 1. The van der Waals surface area contributed by atoms with E-state index in [0.717, 1.165) is 23.9 Å². The van der Waals surface area contributed by atoms with E-state index in [1.807, 2.05) is 12.1 Å². The predicted octanol–water partition coefficient (Wildman–Crippen LogP) is 1.61. The molecule has 1 aliphatic rings. The number of aliphatic carboxylic acids is 1. The van der Waals surface area contributed by atoms with E-state index in [-0.39, 0.29) is 5.92 Å². The van der Waals surface area contributed by atoms with Crippen LogP contribution in [0.4, 0.5) is 0 Å². The highest BCUT2D eigenvalue weighted by Crippen LogP contribution is 2.35. The second kappa shape index (κ2) is 4.42. The van der Waals surface area contributed by atoms with Gasteiger partial charge >= 0.3 is 5.97 Å². The Hall–Kier alpha value is -1.88. The van der Waals surface area contributed by atoms with E-state index in [4.69, 9.17) is 4.42 Å². The van der Waals surface area contributed by atoms with Crippen LogP contribution in [0.2, 0.25) is 0 Å². The van der Waals surface area contributed by atoms with Crippen molar-refractivity contribution in [2.24, 2.45) is 5.92 Å². The molecule has 2 N–H and O–H groups in total. The molecular formula is C13H14N2O3. The third-order valence-corrected chi connectivity index (χ3v) is 3.58. The molecule has 3 heterocycles. The van der Waals surface area contributed by atoms with Crippen molar-refractivity contribution < 1.29 is 14.3 Å². The Morgan fingerprint density at radius 2 is 2.44 bits per heavy atom. The highest BCUT2D eigenvalue weighted by Gasteiger charge is 2.33. The Bertz CT molecular complexity index is 578. The van der Waals surface area contributed by atoms with Gasteiger partial charge in [-0.2, -0.15) is 0 Å². The van der Waals surface area contributed by atoms with Crippen LogP contribution in [-0.2, 0) is 4.79 Å². The molecule has 0 bridgehead atoms. The average molecular weight is 246 g/mol. The average Bonchev–Trinajstić information content (AvgIpc) is 2.82. The van der Waals surface area contributed by atoms with Crippen LogP contribution in [0.15, 0.2) is 29.0 Å². The van der Waals surface area contributed by atoms with Crippen molar-refractivity contribution in [3.63, 3.8) is 0 Å². The molecule has 2 unspecified atom stereocenters. The fourth-order valence-electron chi connectivity index (χ4n) is 2.66. The summed E-state index contributed by atoms with van der Waals surface area (Å²) in [6, 6.07) is 3.78. The number of piperidine rings is 1. The fraction of sp³-hybridized carbons (Fsp3) is 0.385. The minimum atomic E-state index is -0.759. The first-order valence-electron chi connectivity index (χ1n) is 6.03. The van der Waals surface area contributed by atoms with E-state index in [9.17, 15) is 9.90 Å². The summed E-state index contributed by atoms with van der Waals surface area (Å²) in [5.41, 5.74) is 1.54. The molecule has 2 atom stereocenters. The summed E-state index contributed by atoms with van der Waals surface area (Å²) in [7, 11) is 0. The molecule has 0 spiro atoms. The van der Waals surface area contributed by atoms with Gasteiger partial charge < -0.3 is 14.8 Å². The second-order valence-electron chi connectivity index (χ2n) is 4.59. The van der Waals surface area contributed by atoms with Gasteiger partial charge in [0.25, 0.3) is 0 Å². The summed E-state index contributed by atoms with van der Waals surface area (Å²) >= 11 is 0. The van der Waals surface area contributed by atoms with Gasteiger partial charge in [0.1, 0.15) is 0 Å². The number of hydrogen-bond acceptors (Lipinski definition) is 4. The normalized spacial score (nSPS) is 24.2. The molecule has 94 valence electrons. The molecule has 2 aromatic heterocycles. The van der Waals surface area contributed by atoms with Gasteiger partial charge in [0, 0.05) is 29.6 Å². The lowest BCUT2D eigenvalue weighted by atomic mass is 9.81. The molecule has 0 aromatic carbocycles. The van der Waals surface area contributed by atoms with Crippen molar-refractivity contribution in [3.8, 4) is 0 Å². The number of pyridine rings is 1. The third kappa shape index (κ3) is 1.76. The van der Waals surface area contributed by atoms with Gasteiger partial charge in [-0.05, 0) is 25.1 Å². The minimum absolute atomic E-state index is 0.00537. The lowest BCUT2D eigenvalue weighted by molar-refractivity contribution is -0.142. The van der Waals surface area contributed by atoms with Gasteiger partial charge in [0.05, 0.1) is 12.2 Å². The Morgan fingerprint density at radius 1 is 1.56 bits per heavy atom. The lowest BCUT2D eigenvalue weighted by Crippen LogP contribution is -2.39. The first kappa shape index (κ1) is 11.2. The van der Waals surface area contributed by atoms with Crippen LogP contribution >= 0.6 is 0 Å². The SMILES string of the molecule is O=C(O)C1CNCCC1c1coc2ncccc12. The third-order valence-electron chi connectivity index (χ3n) is 3.58. The quantitative estimate of drug-likeness (QED) is 0.841. The largest absolute Gasteiger partial charge is 0.481 e. The van der Waals surface area contributed by atoms with Crippen LogP contribution in [0.3, 0.4) is 0 Å². The van der Waals surface area contributed by atoms with Gasteiger partial charge in [-0.25, -0.2) is 4.98 Å². The molecule has 1 aliphatic heterocycles. The van der Waals surface area contributed by atoms with Crippen molar-refractivity contribution in [1.82, 2.24) is 10.3 Å². The maximum absolute atomic E-state index is 11.3. The molecule has 5 nitrogen and oxygen atoms in total. The van der Waals surface area contributed by atoms with E-state index < -0.39 is 11.9 Å². The minimum Gasteiger partial charge on any atom is -0.481 e. The number of aromatic nitrogens is 1. The van der Waals surface area contributed by atoms with E-state index in [1.165, 1.54) is 0 Å². The number of nitrogens with one attached hydrogen (secondary N) is 1. The number of rotatable bonds is 2. The van der Waals surface area contributed by atoms with Crippen molar-refractivity contribution >= 4 is 17.1 Å². The number of hydrogen-bond donors (Lipinski definition) is 2. The molecular weight excluding hydrogens is 232 g/mol. The Labute approximate surface area is 104 Å². The fourth-order valence-corrected chi connectivity index (χ4v) is 2.66. The summed E-state index contributed by atoms with van der Waals surface area (Å²) in [4.78, 5) is 15.4. The summed E-state index contributed by atoms with van der Waals surface area (Å²) < 4.78 is 5.41. The first-order chi connectivity index (χ1) is 8.77. The molecule has 0 saturated carbocycles. The van der Waals surface area contributed by atoms with Crippen molar-refractivity contribution in [1.29, 1.82) is 0 Å². The first-order valence-corrected chi connectivity index (χ1v) is 6.03. The predicted molar refractivity (Wildman–Crippen MR) is 65.4 cm³/mol. The number of fused-ring (bicyclic) bond motifs is 1. The molecule has 3 rings (SSSR count). The highest BCUT2D eigenvalue weighted by atomic mass is 16.4. The van der Waals surface area contributed by atoms with Crippen LogP contribution in [0.25, 0.3) is 11.1 Å². The topological polar surface area (TPSA) is 75.4 Å². The summed E-state index contributed by atoms with van der Waals surface area (Å²) in [6.45, 7) is 1.34. The Kier molecular flexibility index (Phi) is 2.76. The van der Waals surface area contributed by atoms with Gasteiger partial charge in [-0.1, -0.05) is 0 Å². The highest BCUT2D eigenvalue weighted by molar-refractivity contribution is 5.80. The van der Waals surface area contributed by atoms with Crippen LogP contribution in [0, 0.1) is 5.92 Å². The van der Waals surface area contributed by atoms with Gasteiger partial charge in [0.2, 0.25) is 5.71 Å². The Morgan fingerprint density at radius 3 is 3.28 bits per heavy atom. The summed E-state index contributed by atoms with van der Waals surface area (Å²) in [6.07, 6.45) is 4.14. The molecule has 0 aliphatic carbocycles. The van der Waals surface area contributed by atoms with E-state index in [0.29, 0.717) is 12.3 Å². The molecule has 0 amide bonds. The van der Waals surface area contributed by atoms with Crippen molar-refractivity contribution in [2.75, 3.05) is 13.1 Å². The number of furan rings is 1. The Balaban J connectivity index is 2.04. The molecule has 1 saturated heterocycles. The van der Waals surface area contributed by atoms with Gasteiger partial charge in [0.15, 0.2) is 0 Å². The number of carbonyl (C=O) groups is 1. The molecule has 0 radical (unpaired) electrons. The van der Waals surface area contributed by atoms with Crippen LogP contribution in [0.1, 0.15) is 17.9 Å². The molecule has 5 heteroatoms. The van der Waals surface area contributed by atoms with E-state index in [1.54, 1.807) is 12.5 Å². The molecule has 1 fully saturated rings. The monoisotopic (exact) mass is 246 g/mol. The maximum Gasteiger partial charge on any atom is 0.308 e. The van der Waals surface area contributed by atoms with Crippen LogP contribution in [0.5, 0.6) is 0 Å². The second-order valence-corrected chi connectivity index (χ2v) is 4.59. The lowest BCUT2D eigenvalue weighted by Gasteiger charge is -2.28. The standard InChI is InChI=1S/C13H14N2O3/c16-13(17)10-6-14-5-3-8(10)11-7-18-12-9(11)2-1-4-15-12/h1-2,4,7-8,10,14H,3,5-6H2,(H,16,17). The molecule has 18 heavy (non-hydrogen) atoms. The zero-order valence-corrected chi connectivity index (χ0v) is 9.80. The zero-order chi connectivity index (χ0) is 12.5. The van der Waals surface area contributed by atoms with Crippen molar-refractivity contribution in [3.05, 3.63) is 30.2 Å². The smallest absolute Gasteiger partial charge is 0.308 e. The van der Waals surface area contributed by atoms with Gasteiger partial charge in [-0.3, -0.25) is 4.79 Å². The number of nitrogens with zero attached hydrogens (tertiary/aromatic N) is 1. The van der Waals surface area contributed by atoms with Crippen molar-refractivity contribution in [2.45, 2.75) is 12.3 Å².